The van der Waals surface area contributed by atoms with Gasteiger partial charge in [-0.15, -0.1) is 0 Å². The van der Waals surface area contributed by atoms with E-state index in [1.165, 1.54) is 6.92 Å². The van der Waals surface area contributed by atoms with Crippen molar-refractivity contribution in [2.24, 2.45) is 5.92 Å². The molecule has 1 unspecified atom stereocenters. The molecule has 0 amide bonds. The SMILES string of the molecule is CCOC(=O)CCC(C)(c1ccc2c(I)c(OC3CCC(C(F)(F)F)CC3)ccc2c1)[N+](=O)[O-]. The van der Waals surface area contributed by atoms with Gasteiger partial charge in [0.2, 0.25) is 5.54 Å². The monoisotopic (exact) mass is 593 g/mol. The molecule has 1 aliphatic rings. The number of carbonyl (C=O) groups is 1. The van der Waals surface area contributed by atoms with Gasteiger partial charge < -0.3 is 9.47 Å². The highest BCUT2D eigenvalue weighted by atomic mass is 127. The summed E-state index contributed by atoms with van der Waals surface area (Å²) in [6, 6.07) is 8.75. The summed E-state index contributed by atoms with van der Waals surface area (Å²) >= 11 is 2.13. The second kappa shape index (κ2) is 10.7. The number of carbonyl (C=O) groups excluding carboxylic acids is 1. The number of esters is 1. The zero-order chi connectivity index (χ0) is 25.1. The van der Waals surface area contributed by atoms with Crippen molar-refractivity contribution in [3.05, 3.63) is 49.6 Å². The molecule has 6 nitrogen and oxygen atoms in total. The summed E-state index contributed by atoms with van der Waals surface area (Å²) in [5, 5.41) is 13.5. The molecule has 0 heterocycles. The number of alkyl halides is 3. The van der Waals surface area contributed by atoms with Crippen LogP contribution in [0.15, 0.2) is 30.3 Å². The van der Waals surface area contributed by atoms with Gasteiger partial charge in [-0.1, -0.05) is 18.2 Å². The van der Waals surface area contributed by atoms with Crippen molar-refractivity contribution in [1.29, 1.82) is 0 Å². The highest BCUT2D eigenvalue weighted by molar-refractivity contribution is 14.1. The molecule has 2 aromatic carbocycles. The molecular formula is C24H27F3INO5. The summed E-state index contributed by atoms with van der Waals surface area (Å²) in [5.74, 6) is -1.14. The van der Waals surface area contributed by atoms with E-state index in [9.17, 15) is 28.1 Å². The van der Waals surface area contributed by atoms with E-state index < -0.39 is 23.6 Å². The van der Waals surface area contributed by atoms with Crippen molar-refractivity contribution in [1.82, 2.24) is 0 Å². The number of halogens is 4. The van der Waals surface area contributed by atoms with E-state index in [-0.39, 0.29) is 43.3 Å². The van der Waals surface area contributed by atoms with Crippen molar-refractivity contribution >= 4 is 39.3 Å². The lowest BCUT2D eigenvalue weighted by Gasteiger charge is -2.30. The molecule has 1 saturated carbocycles. The average molecular weight is 593 g/mol. The third-order valence-corrected chi connectivity index (χ3v) is 7.61. The van der Waals surface area contributed by atoms with Gasteiger partial charge >= 0.3 is 12.1 Å². The molecule has 3 rings (SSSR count). The topological polar surface area (TPSA) is 78.7 Å². The summed E-state index contributed by atoms with van der Waals surface area (Å²) < 4.78 is 50.5. The molecule has 0 aliphatic heterocycles. The Morgan fingerprint density at radius 2 is 1.85 bits per heavy atom. The van der Waals surface area contributed by atoms with E-state index in [0.717, 1.165) is 14.3 Å². The van der Waals surface area contributed by atoms with Crippen molar-refractivity contribution in [3.8, 4) is 5.75 Å². The molecule has 34 heavy (non-hydrogen) atoms. The summed E-state index contributed by atoms with van der Waals surface area (Å²) in [6.45, 7) is 3.39. The molecule has 1 fully saturated rings. The molecular weight excluding hydrogens is 566 g/mol. The standard InChI is InChI=1S/C24H27F3INO5/c1-3-33-21(30)12-13-23(2,29(31)32)17-7-10-19-15(14-17)4-11-20(22(19)28)34-18-8-5-16(6-9-18)24(25,26)27/h4,7,10-11,14,16,18H,3,5-6,8-9,12-13H2,1-2H3. The first-order chi connectivity index (χ1) is 16.0. The highest BCUT2D eigenvalue weighted by Gasteiger charge is 2.42. The van der Waals surface area contributed by atoms with Crippen LogP contribution in [0.2, 0.25) is 0 Å². The Kier molecular flexibility index (Phi) is 8.30. The Morgan fingerprint density at radius 1 is 1.18 bits per heavy atom. The Morgan fingerprint density at radius 3 is 2.44 bits per heavy atom. The van der Waals surface area contributed by atoms with E-state index >= 15 is 0 Å². The largest absolute Gasteiger partial charge is 0.489 e. The first-order valence-electron chi connectivity index (χ1n) is 11.2. The van der Waals surface area contributed by atoms with Gasteiger partial charge in [-0.05, 0) is 78.1 Å². The third kappa shape index (κ3) is 5.92. The Hall–Kier alpha value is -2.11. The lowest BCUT2D eigenvalue weighted by atomic mass is 9.86. The third-order valence-electron chi connectivity index (χ3n) is 6.50. The predicted octanol–water partition coefficient (Wildman–Crippen LogP) is 6.78. The molecule has 2 aromatic rings. The van der Waals surface area contributed by atoms with Crippen LogP contribution in [-0.2, 0) is 15.1 Å². The van der Waals surface area contributed by atoms with Gasteiger partial charge in [0, 0.05) is 23.8 Å². The lowest BCUT2D eigenvalue weighted by molar-refractivity contribution is -0.575. The van der Waals surface area contributed by atoms with Gasteiger partial charge in [-0.3, -0.25) is 14.9 Å². The van der Waals surface area contributed by atoms with Crippen molar-refractivity contribution < 1.29 is 32.4 Å². The fourth-order valence-corrected chi connectivity index (χ4v) is 5.10. The molecule has 0 spiro atoms. The Labute approximate surface area is 209 Å². The Bertz CT molecular complexity index is 1050. The number of hydrogen-bond donors (Lipinski definition) is 0. The summed E-state index contributed by atoms with van der Waals surface area (Å²) in [7, 11) is 0. The first-order valence-corrected chi connectivity index (χ1v) is 12.3. The molecule has 10 heteroatoms. The number of hydrogen-bond acceptors (Lipinski definition) is 5. The minimum Gasteiger partial charge on any atom is -0.489 e. The van der Waals surface area contributed by atoms with E-state index in [1.807, 2.05) is 0 Å². The number of nitrogens with zero attached hydrogens (tertiary/aromatic N) is 1. The molecule has 0 aromatic heterocycles. The zero-order valence-electron chi connectivity index (χ0n) is 19.0. The molecule has 0 bridgehead atoms. The summed E-state index contributed by atoms with van der Waals surface area (Å²) in [6.07, 6.45) is -3.68. The average Bonchev–Trinajstić information content (AvgIpc) is 2.79. The van der Waals surface area contributed by atoms with Crippen molar-refractivity contribution in [2.75, 3.05) is 6.61 Å². The second-order valence-electron chi connectivity index (χ2n) is 8.78. The normalized spacial score (nSPS) is 20.5. The predicted molar refractivity (Wildman–Crippen MR) is 129 cm³/mol. The lowest BCUT2D eigenvalue weighted by Crippen LogP contribution is -2.32. The maximum absolute atomic E-state index is 12.9. The van der Waals surface area contributed by atoms with Crippen LogP contribution in [0, 0.1) is 19.6 Å². The van der Waals surface area contributed by atoms with Crippen LogP contribution in [0.3, 0.4) is 0 Å². The van der Waals surface area contributed by atoms with E-state index in [1.54, 1.807) is 37.3 Å². The van der Waals surface area contributed by atoms with Crippen LogP contribution >= 0.6 is 22.6 Å². The Balaban J connectivity index is 1.78. The minimum absolute atomic E-state index is 0.00320. The smallest absolute Gasteiger partial charge is 0.391 e. The molecule has 186 valence electrons. The van der Waals surface area contributed by atoms with Crippen LogP contribution in [0.5, 0.6) is 5.75 Å². The van der Waals surface area contributed by atoms with Crippen LogP contribution < -0.4 is 4.74 Å². The van der Waals surface area contributed by atoms with Crippen LogP contribution in [0.25, 0.3) is 10.8 Å². The zero-order valence-corrected chi connectivity index (χ0v) is 21.1. The molecule has 0 radical (unpaired) electrons. The van der Waals surface area contributed by atoms with Crippen LogP contribution in [0.1, 0.15) is 57.9 Å². The van der Waals surface area contributed by atoms with Gasteiger partial charge in [-0.2, -0.15) is 13.2 Å². The molecule has 1 atom stereocenters. The fourth-order valence-electron chi connectivity index (χ4n) is 4.31. The quantitative estimate of drug-likeness (QED) is 0.146. The molecule has 0 saturated heterocycles. The van der Waals surface area contributed by atoms with E-state index in [0.29, 0.717) is 24.2 Å². The van der Waals surface area contributed by atoms with Gasteiger partial charge in [0.15, 0.2) is 0 Å². The minimum atomic E-state index is -4.16. The number of nitro groups is 1. The van der Waals surface area contributed by atoms with Crippen LogP contribution in [0.4, 0.5) is 13.2 Å². The first kappa shape index (κ1) is 26.5. The fraction of sp³-hybridized carbons (Fsp3) is 0.542. The van der Waals surface area contributed by atoms with Crippen molar-refractivity contribution in [3.63, 3.8) is 0 Å². The van der Waals surface area contributed by atoms with Gasteiger partial charge in [0.05, 0.1) is 28.6 Å². The van der Waals surface area contributed by atoms with E-state index in [2.05, 4.69) is 22.6 Å². The highest BCUT2D eigenvalue weighted by Crippen LogP contribution is 2.40. The van der Waals surface area contributed by atoms with Crippen LogP contribution in [-0.4, -0.2) is 29.8 Å². The number of benzene rings is 2. The van der Waals surface area contributed by atoms with E-state index in [4.69, 9.17) is 9.47 Å². The number of fused-ring (bicyclic) bond motifs is 1. The maximum atomic E-state index is 12.9. The van der Waals surface area contributed by atoms with Gasteiger partial charge in [0.25, 0.3) is 0 Å². The van der Waals surface area contributed by atoms with Crippen molar-refractivity contribution in [2.45, 2.75) is 70.2 Å². The molecule has 1 aliphatic carbocycles. The second-order valence-corrected chi connectivity index (χ2v) is 9.86. The summed E-state index contributed by atoms with van der Waals surface area (Å²) in [4.78, 5) is 23.3. The number of rotatable bonds is 8. The van der Waals surface area contributed by atoms with Gasteiger partial charge in [-0.25, -0.2) is 0 Å². The molecule has 0 N–H and O–H groups in total. The van der Waals surface area contributed by atoms with Gasteiger partial charge in [0.1, 0.15) is 5.75 Å². The summed E-state index contributed by atoms with van der Waals surface area (Å²) in [5.41, 5.74) is -0.983. The maximum Gasteiger partial charge on any atom is 0.391 e. The number of ether oxygens (including phenoxy) is 2.